The molecule has 118 valence electrons. The largest absolute Gasteiger partial charge is 0.338 e. The van der Waals surface area contributed by atoms with Gasteiger partial charge in [0.25, 0.3) is 5.91 Å². The highest BCUT2D eigenvalue weighted by atomic mass is 79.9. The lowest BCUT2D eigenvalue weighted by atomic mass is 10.2. The molecule has 2 N–H and O–H groups in total. The number of rotatable bonds is 5. The SMILES string of the molecule is CC(CN)N(C)C(=O)c1ccc(S(=O)(=O)N(C)C)c(Br)c1. The van der Waals surface area contributed by atoms with Gasteiger partial charge in [0.15, 0.2) is 0 Å². The zero-order valence-corrected chi connectivity index (χ0v) is 14.9. The van der Waals surface area contributed by atoms with Crippen LogP contribution in [-0.4, -0.2) is 57.3 Å². The summed E-state index contributed by atoms with van der Waals surface area (Å²) >= 11 is 3.22. The quantitative estimate of drug-likeness (QED) is 0.832. The van der Waals surface area contributed by atoms with E-state index in [1.54, 1.807) is 7.05 Å². The lowest BCUT2D eigenvalue weighted by Crippen LogP contribution is -2.39. The minimum Gasteiger partial charge on any atom is -0.338 e. The maximum absolute atomic E-state index is 12.3. The Morgan fingerprint density at radius 3 is 2.33 bits per heavy atom. The monoisotopic (exact) mass is 377 g/mol. The number of nitrogens with two attached hydrogens (primary N) is 1. The van der Waals surface area contributed by atoms with Gasteiger partial charge in [0.2, 0.25) is 10.0 Å². The van der Waals surface area contributed by atoms with Gasteiger partial charge >= 0.3 is 0 Å². The number of nitrogens with zero attached hydrogens (tertiary/aromatic N) is 2. The number of carbonyl (C=O) groups is 1. The number of benzene rings is 1. The van der Waals surface area contributed by atoms with Crippen molar-refractivity contribution in [2.24, 2.45) is 5.73 Å². The van der Waals surface area contributed by atoms with Crippen LogP contribution in [0.3, 0.4) is 0 Å². The molecule has 0 bridgehead atoms. The molecule has 1 unspecified atom stereocenters. The molecular weight excluding hydrogens is 358 g/mol. The van der Waals surface area contributed by atoms with Crippen molar-refractivity contribution in [3.63, 3.8) is 0 Å². The molecular formula is C13H20BrN3O3S. The van der Waals surface area contributed by atoms with Crippen LogP contribution in [-0.2, 0) is 10.0 Å². The number of carbonyl (C=O) groups excluding carboxylic acids is 1. The van der Waals surface area contributed by atoms with Gasteiger partial charge in [0.05, 0.1) is 4.90 Å². The maximum Gasteiger partial charge on any atom is 0.253 e. The molecule has 0 radical (unpaired) electrons. The smallest absolute Gasteiger partial charge is 0.253 e. The minimum atomic E-state index is -3.55. The molecule has 0 spiro atoms. The van der Waals surface area contributed by atoms with Crippen LogP contribution in [0.25, 0.3) is 0 Å². The number of hydrogen-bond donors (Lipinski definition) is 1. The highest BCUT2D eigenvalue weighted by molar-refractivity contribution is 9.10. The Morgan fingerprint density at radius 1 is 1.33 bits per heavy atom. The minimum absolute atomic E-state index is 0.0959. The lowest BCUT2D eigenvalue weighted by Gasteiger charge is -2.24. The molecule has 21 heavy (non-hydrogen) atoms. The first-order chi connectivity index (χ1) is 9.62. The third-order valence-electron chi connectivity index (χ3n) is 3.26. The molecule has 1 aromatic rings. The summed E-state index contributed by atoms with van der Waals surface area (Å²) in [6.45, 7) is 2.20. The Hall–Kier alpha value is -0.960. The molecule has 1 aromatic carbocycles. The van der Waals surface area contributed by atoms with E-state index in [2.05, 4.69) is 15.9 Å². The van der Waals surface area contributed by atoms with Crippen molar-refractivity contribution in [3.05, 3.63) is 28.2 Å². The zero-order chi connectivity index (χ0) is 16.4. The standard InChI is InChI=1S/C13H20BrN3O3S/c1-9(8-15)17(4)13(18)10-5-6-12(11(14)7-10)21(19,20)16(2)3/h5-7,9H,8,15H2,1-4H3. The second-order valence-electron chi connectivity index (χ2n) is 4.93. The van der Waals surface area contributed by atoms with Crippen molar-refractivity contribution < 1.29 is 13.2 Å². The van der Waals surface area contributed by atoms with Gasteiger partial charge in [-0.3, -0.25) is 4.79 Å². The van der Waals surface area contributed by atoms with Crippen molar-refractivity contribution >= 4 is 31.9 Å². The molecule has 0 aliphatic carbocycles. The third-order valence-corrected chi connectivity index (χ3v) is 6.05. The molecule has 6 nitrogen and oxygen atoms in total. The van der Waals surface area contributed by atoms with E-state index in [9.17, 15) is 13.2 Å². The topological polar surface area (TPSA) is 83.7 Å². The summed E-state index contributed by atoms with van der Waals surface area (Å²) in [5.74, 6) is -0.206. The summed E-state index contributed by atoms with van der Waals surface area (Å²) in [6.07, 6.45) is 0. The molecule has 0 aromatic heterocycles. The van der Waals surface area contributed by atoms with E-state index in [0.717, 1.165) is 4.31 Å². The number of hydrogen-bond acceptors (Lipinski definition) is 4. The first-order valence-corrected chi connectivity index (χ1v) is 8.55. The fraction of sp³-hybridized carbons (Fsp3) is 0.462. The van der Waals surface area contributed by atoms with E-state index in [4.69, 9.17) is 5.73 Å². The van der Waals surface area contributed by atoms with Crippen molar-refractivity contribution in [1.29, 1.82) is 0 Å². The molecule has 8 heteroatoms. The summed E-state index contributed by atoms with van der Waals surface area (Å²) in [7, 11) is 1.03. The summed E-state index contributed by atoms with van der Waals surface area (Å²) in [4.78, 5) is 13.9. The summed E-state index contributed by atoms with van der Waals surface area (Å²) in [5.41, 5.74) is 5.95. The number of likely N-dealkylation sites (N-methyl/N-ethyl adjacent to an activating group) is 1. The predicted molar refractivity (Wildman–Crippen MR) is 85.6 cm³/mol. The van der Waals surface area contributed by atoms with Gasteiger partial charge < -0.3 is 10.6 Å². The van der Waals surface area contributed by atoms with Gasteiger partial charge in [0.1, 0.15) is 0 Å². The second-order valence-corrected chi connectivity index (χ2v) is 7.91. The van der Waals surface area contributed by atoms with Crippen molar-refractivity contribution in [1.82, 2.24) is 9.21 Å². The van der Waals surface area contributed by atoms with Crippen LogP contribution in [0, 0.1) is 0 Å². The van der Waals surface area contributed by atoms with E-state index >= 15 is 0 Å². The highest BCUT2D eigenvalue weighted by Crippen LogP contribution is 2.25. The lowest BCUT2D eigenvalue weighted by molar-refractivity contribution is 0.0748. The molecule has 1 rings (SSSR count). The normalized spacial score (nSPS) is 13.3. The van der Waals surface area contributed by atoms with Gasteiger partial charge in [-0.1, -0.05) is 0 Å². The molecule has 0 saturated heterocycles. The molecule has 1 atom stereocenters. The number of sulfonamides is 1. The van der Waals surface area contributed by atoms with Gasteiger partial charge in [0, 0.05) is 43.8 Å². The van der Waals surface area contributed by atoms with Crippen LogP contribution in [0.15, 0.2) is 27.6 Å². The van der Waals surface area contributed by atoms with Crippen LogP contribution in [0.1, 0.15) is 17.3 Å². The molecule has 0 heterocycles. The summed E-state index contributed by atoms with van der Waals surface area (Å²) < 4.78 is 25.7. The van der Waals surface area contributed by atoms with E-state index in [1.165, 1.54) is 37.2 Å². The van der Waals surface area contributed by atoms with Crippen LogP contribution in [0.5, 0.6) is 0 Å². The molecule has 0 saturated carbocycles. The highest BCUT2D eigenvalue weighted by Gasteiger charge is 2.23. The zero-order valence-electron chi connectivity index (χ0n) is 12.5. The van der Waals surface area contributed by atoms with Crippen molar-refractivity contribution in [2.45, 2.75) is 17.9 Å². The molecule has 0 fully saturated rings. The molecule has 0 aliphatic heterocycles. The van der Waals surface area contributed by atoms with Crippen molar-refractivity contribution in [2.75, 3.05) is 27.7 Å². The maximum atomic E-state index is 12.3. The van der Waals surface area contributed by atoms with Gasteiger partial charge in [-0.05, 0) is 41.1 Å². The summed E-state index contributed by atoms with van der Waals surface area (Å²) in [6, 6.07) is 4.34. The Labute approximate surface area is 134 Å². The second kappa shape index (κ2) is 6.87. The van der Waals surface area contributed by atoms with Crippen LogP contribution < -0.4 is 5.73 Å². The summed E-state index contributed by atoms with van der Waals surface area (Å²) in [5, 5.41) is 0. The predicted octanol–water partition coefficient (Wildman–Crippen LogP) is 1.12. The van der Waals surface area contributed by atoms with Crippen LogP contribution in [0.4, 0.5) is 0 Å². The first-order valence-electron chi connectivity index (χ1n) is 6.32. The van der Waals surface area contributed by atoms with E-state index in [-0.39, 0.29) is 16.8 Å². The van der Waals surface area contributed by atoms with Gasteiger partial charge in [-0.2, -0.15) is 0 Å². The van der Waals surface area contributed by atoms with Crippen LogP contribution >= 0.6 is 15.9 Å². The fourth-order valence-electron chi connectivity index (χ4n) is 1.60. The van der Waals surface area contributed by atoms with Gasteiger partial charge in [-0.25, -0.2) is 12.7 Å². The Morgan fingerprint density at radius 2 is 1.90 bits per heavy atom. The first kappa shape index (κ1) is 18.1. The average Bonchev–Trinajstić information content (AvgIpc) is 2.44. The van der Waals surface area contributed by atoms with Crippen molar-refractivity contribution in [3.8, 4) is 0 Å². The van der Waals surface area contributed by atoms with E-state index < -0.39 is 10.0 Å². The molecule has 1 amide bonds. The number of amides is 1. The Kier molecular flexibility index (Phi) is 5.92. The van der Waals surface area contributed by atoms with Crippen LogP contribution in [0.2, 0.25) is 0 Å². The fourth-order valence-corrected chi connectivity index (χ4v) is 3.53. The van der Waals surface area contributed by atoms with E-state index in [1.807, 2.05) is 6.92 Å². The number of halogens is 1. The molecule has 0 aliphatic rings. The van der Waals surface area contributed by atoms with Gasteiger partial charge in [-0.15, -0.1) is 0 Å². The Balaban J connectivity index is 3.18. The third kappa shape index (κ3) is 3.82. The van der Waals surface area contributed by atoms with E-state index in [0.29, 0.717) is 16.6 Å². The average molecular weight is 378 g/mol. The Bertz CT molecular complexity index is 632.